The van der Waals surface area contributed by atoms with Gasteiger partial charge in [-0.05, 0) is 36.6 Å². The number of hydrogen-bond donors (Lipinski definition) is 2. The molecule has 4 heteroatoms. The van der Waals surface area contributed by atoms with E-state index in [4.69, 9.17) is 5.11 Å². The van der Waals surface area contributed by atoms with E-state index in [1.807, 2.05) is 0 Å². The Morgan fingerprint density at radius 3 is 2.87 bits per heavy atom. The molecule has 0 saturated heterocycles. The van der Waals surface area contributed by atoms with Crippen LogP contribution in [0.2, 0.25) is 0 Å². The highest BCUT2D eigenvalue weighted by Gasteiger charge is 2.24. The number of aliphatic hydroxyl groups is 1. The molecule has 0 spiro atoms. The number of halogens is 1. The van der Waals surface area contributed by atoms with Gasteiger partial charge in [-0.2, -0.15) is 0 Å². The zero-order valence-electron chi connectivity index (χ0n) is 8.16. The Hall–Kier alpha value is -0.870. The molecule has 80 valence electrons. The molecule has 0 aromatic heterocycles. The van der Waals surface area contributed by atoms with Gasteiger partial charge in [0, 0.05) is 16.1 Å². The highest BCUT2D eigenvalue weighted by Crippen LogP contribution is 2.21. The summed E-state index contributed by atoms with van der Waals surface area (Å²) in [5.41, 5.74) is 1.22. The number of benzene rings is 1. The van der Waals surface area contributed by atoms with Crippen molar-refractivity contribution in [3.63, 3.8) is 0 Å². The Morgan fingerprint density at radius 2 is 2.27 bits per heavy atom. The van der Waals surface area contributed by atoms with Crippen LogP contribution < -0.4 is 5.32 Å². The standard InChI is InChI=1S/C11H12BrNO2/c12-8-1-4-10(7(5-8)6-14)11(15)13-9-2-3-9/h1,4-5,9,14H,2-3,6H2,(H,13,15). The lowest BCUT2D eigenvalue weighted by Gasteiger charge is -2.08. The molecular weight excluding hydrogens is 258 g/mol. The maximum atomic E-state index is 11.7. The summed E-state index contributed by atoms with van der Waals surface area (Å²) in [4.78, 5) is 11.7. The number of carbonyl (C=O) groups is 1. The van der Waals surface area contributed by atoms with E-state index in [9.17, 15) is 4.79 Å². The van der Waals surface area contributed by atoms with Crippen LogP contribution in [0.5, 0.6) is 0 Å². The van der Waals surface area contributed by atoms with Gasteiger partial charge in [-0.3, -0.25) is 4.79 Å². The van der Waals surface area contributed by atoms with Crippen LogP contribution in [0.3, 0.4) is 0 Å². The lowest BCUT2D eigenvalue weighted by atomic mass is 10.1. The van der Waals surface area contributed by atoms with Crippen molar-refractivity contribution in [1.82, 2.24) is 5.32 Å². The summed E-state index contributed by atoms with van der Waals surface area (Å²) < 4.78 is 0.870. The summed E-state index contributed by atoms with van der Waals surface area (Å²) >= 11 is 3.31. The first-order valence-electron chi connectivity index (χ1n) is 4.91. The second-order valence-corrected chi connectivity index (χ2v) is 4.62. The minimum atomic E-state index is -0.118. The summed E-state index contributed by atoms with van der Waals surface area (Å²) in [5.74, 6) is -0.0888. The largest absolute Gasteiger partial charge is 0.392 e. The normalized spacial score (nSPS) is 15.1. The van der Waals surface area contributed by atoms with Crippen molar-refractivity contribution < 1.29 is 9.90 Å². The van der Waals surface area contributed by atoms with E-state index in [-0.39, 0.29) is 12.5 Å². The molecule has 1 saturated carbocycles. The SMILES string of the molecule is O=C(NC1CC1)c1ccc(Br)cc1CO. The van der Waals surface area contributed by atoms with Gasteiger partial charge in [0.25, 0.3) is 5.91 Å². The maximum absolute atomic E-state index is 11.7. The molecule has 2 N–H and O–H groups in total. The van der Waals surface area contributed by atoms with Gasteiger partial charge >= 0.3 is 0 Å². The molecule has 0 aliphatic heterocycles. The van der Waals surface area contributed by atoms with Gasteiger partial charge in [0.05, 0.1) is 6.61 Å². The predicted molar refractivity (Wildman–Crippen MR) is 60.6 cm³/mol. The Labute approximate surface area is 96.6 Å². The number of amides is 1. The fourth-order valence-electron chi connectivity index (χ4n) is 1.41. The predicted octanol–water partition coefficient (Wildman–Crippen LogP) is 1.83. The van der Waals surface area contributed by atoms with Gasteiger partial charge in [0.1, 0.15) is 0 Å². The summed E-state index contributed by atoms with van der Waals surface area (Å²) in [5, 5.41) is 12.0. The summed E-state index contributed by atoms with van der Waals surface area (Å²) in [7, 11) is 0. The molecule has 1 aromatic carbocycles. The molecule has 1 aliphatic carbocycles. The molecule has 1 amide bonds. The van der Waals surface area contributed by atoms with Crippen molar-refractivity contribution >= 4 is 21.8 Å². The zero-order valence-corrected chi connectivity index (χ0v) is 9.75. The smallest absolute Gasteiger partial charge is 0.251 e. The first-order chi connectivity index (χ1) is 7.20. The van der Waals surface area contributed by atoms with Crippen LogP contribution in [-0.2, 0) is 6.61 Å². The van der Waals surface area contributed by atoms with Gasteiger partial charge in [-0.15, -0.1) is 0 Å². The van der Waals surface area contributed by atoms with Crippen molar-refractivity contribution in [1.29, 1.82) is 0 Å². The van der Waals surface area contributed by atoms with E-state index in [0.29, 0.717) is 17.2 Å². The molecule has 1 fully saturated rings. The molecule has 1 aromatic rings. The fraction of sp³-hybridized carbons (Fsp3) is 0.364. The number of hydrogen-bond acceptors (Lipinski definition) is 2. The van der Waals surface area contributed by atoms with E-state index in [2.05, 4.69) is 21.2 Å². The fourth-order valence-corrected chi connectivity index (χ4v) is 1.81. The van der Waals surface area contributed by atoms with Crippen LogP contribution in [0.25, 0.3) is 0 Å². The topological polar surface area (TPSA) is 49.3 Å². The van der Waals surface area contributed by atoms with Gasteiger partial charge < -0.3 is 10.4 Å². The van der Waals surface area contributed by atoms with E-state index in [1.54, 1.807) is 18.2 Å². The minimum Gasteiger partial charge on any atom is -0.392 e. The van der Waals surface area contributed by atoms with E-state index < -0.39 is 0 Å². The number of aliphatic hydroxyl groups excluding tert-OH is 1. The Kier molecular flexibility index (Phi) is 3.07. The van der Waals surface area contributed by atoms with Crippen molar-refractivity contribution in [2.24, 2.45) is 0 Å². The third-order valence-corrected chi connectivity index (χ3v) is 2.89. The number of rotatable bonds is 3. The van der Waals surface area contributed by atoms with Crippen LogP contribution in [0, 0.1) is 0 Å². The van der Waals surface area contributed by atoms with Crippen LogP contribution in [0.15, 0.2) is 22.7 Å². The first kappa shape index (κ1) is 10.6. The molecular formula is C11H12BrNO2. The van der Waals surface area contributed by atoms with E-state index in [1.165, 1.54) is 0 Å². The van der Waals surface area contributed by atoms with Gasteiger partial charge in [0.2, 0.25) is 0 Å². The van der Waals surface area contributed by atoms with Crippen LogP contribution >= 0.6 is 15.9 Å². The lowest BCUT2D eigenvalue weighted by molar-refractivity contribution is 0.0948. The zero-order chi connectivity index (χ0) is 10.8. The average Bonchev–Trinajstić information content (AvgIpc) is 3.01. The van der Waals surface area contributed by atoms with Crippen molar-refractivity contribution in [2.75, 3.05) is 0 Å². The second-order valence-electron chi connectivity index (χ2n) is 3.71. The Morgan fingerprint density at radius 1 is 1.53 bits per heavy atom. The Balaban J connectivity index is 2.21. The quantitative estimate of drug-likeness (QED) is 0.880. The monoisotopic (exact) mass is 269 g/mol. The summed E-state index contributed by atoms with van der Waals surface area (Å²) in [6.07, 6.45) is 2.13. The molecule has 0 atom stereocenters. The number of nitrogens with one attached hydrogen (secondary N) is 1. The van der Waals surface area contributed by atoms with Crippen LogP contribution in [0.4, 0.5) is 0 Å². The molecule has 15 heavy (non-hydrogen) atoms. The summed E-state index contributed by atoms with van der Waals surface area (Å²) in [6, 6.07) is 5.64. The van der Waals surface area contributed by atoms with Crippen LogP contribution in [-0.4, -0.2) is 17.1 Å². The molecule has 0 heterocycles. The molecule has 1 aliphatic rings. The minimum absolute atomic E-state index is 0.0888. The highest BCUT2D eigenvalue weighted by molar-refractivity contribution is 9.10. The van der Waals surface area contributed by atoms with Crippen molar-refractivity contribution in [2.45, 2.75) is 25.5 Å². The van der Waals surface area contributed by atoms with E-state index >= 15 is 0 Å². The average molecular weight is 270 g/mol. The molecule has 0 radical (unpaired) electrons. The molecule has 0 unspecified atom stereocenters. The maximum Gasteiger partial charge on any atom is 0.251 e. The van der Waals surface area contributed by atoms with Crippen molar-refractivity contribution in [3.8, 4) is 0 Å². The summed E-state index contributed by atoms with van der Waals surface area (Å²) in [6.45, 7) is -0.118. The highest BCUT2D eigenvalue weighted by atomic mass is 79.9. The van der Waals surface area contributed by atoms with Crippen LogP contribution in [0.1, 0.15) is 28.8 Å². The lowest BCUT2D eigenvalue weighted by Crippen LogP contribution is -2.26. The third-order valence-electron chi connectivity index (χ3n) is 2.39. The molecule has 0 bridgehead atoms. The van der Waals surface area contributed by atoms with Gasteiger partial charge in [0.15, 0.2) is 0 Å². The number of carbonyl (C=O) groups excluding carboxylic acids is 1. The van der Waals surface area contributed by atoms with Gasteiger partial charge in [-0.25, -0.2) is 0 Å². The van der Waals surface area contributed by atoms with Crippen molar-refractivity contribution in [3.05, 3.63) is 33.8 Å². The van der Waals surface area contributed by atoms with E-state index in [0.717, 1.165) is 17.3 Å². The first-order valence-corrected chi connectivity index (χ1v) is 5.70. The molecule has 3 nitrogen and oxygen atoms in total. The Bertz CT molecular complexity index is 388. The van der Waals surface area contributed by atoms with Gasteiger partial charge in [-0.1, -0.05) is 15.9 Å². The third kappa shape index (κ3) is 2.58. The second kappa shape index (κ2) is 4.33. The molecule has 2 rings (SSSR count).